The minimum absolute atomic E-state index is 0.0286. The second-order valence-electron chi connectivity index (χ2n) is 11.5. The van der Waals surface area contributed by atoms with Crippen molar-refractivity contribution in [2.75, 3.05) is 33.4 Å². The van der Waals surface area contributed by atoms with Crippen molar-refractivity contribution in [2.45, 2.75) is 51.0 Å². The van der Waals surface area contributed by atoms with Crippen LogP contribution in [0.25, 0.3) is 11.0 Å². The van der Waals surface area contributed by atoms with Gasteiger partial charge < -0.3 is 23.5 Å². The van der Waals surface area contributed by atoms with Gasteiger partial charge in [0, 0.05) is 29.8 Å². The van der Waals surface area contributed by atoms with Gasteiger partial charge >= 0.3 is 5.97 Å². The van der Waals surface area contributed by atoms with E-state index in [1.807, 2.05) is 24.3 Å². The summed E-state index contributed by atoms with van der Waals surface area (Å²) in [6.07, 6.45) is 4.56. The van der Waals surface area contributed by atoms with Crippen LogP contribution in [0.5, 0.6) is 11.6 Å². The summed E-state index contributed by atoms with van der Waals surface area (Å²) >= 11 is 0. The number of piperidine rings is 1. The number of carbonyl (C=O) groups is 1. The van der Waals surface area contributed by atoms with Crippen molar-refractivity contribution in [1.29, 1.82) is 5.26 Å². The molecule has 4 aromatic rings. The lowest BCUT2D eigenvalue weighted by Gasteiger charge is -2.32. The molecule has 2 fully saturated rings. The van der Waals surface area contributed by atoms with E-state index in [2.05, 4.69) is 16.0 Å². The van der Waals surface area contributed by atoms with E-state index in [9.17, 15) is 9.18 Å². The van der Waals surface area contributed by atoms with Crippen LogP contribution in [-0.4, -0.2) is 64.9 Å². The smallest absolute Gasteiger partial charge is 0.341 e. The molecule has 4 heterocycles. The molecule has 0 N–H and O–H groups in total. The SMILES string of the molecule is C=CCOc1c(C(=O)OC)ccc2c1nc(CN1CCC(c3cccc(OCc4ccc(C#N)cc4F)n3)CC1)n2C[C@@H]1CCO1. The average Bonchev–Trinajstić information content (AvgIpc) is 3.41. The zero-order valence-corrected chi connectivity index (χ0v) is 25.8. The second kappa shape index (κ2) is 14.1. The number of halogens is 1. The summed E-state index contributed by atoms with van der Waals surface area (Å²) in [5, 5.41) is 8.97. The van der Waals surface area contributed by atoms with Crippen LogP contribution in [-0.2, 0) is 29.2 Å². The lowest BCUT2D eigenvalue weighted by atomic mass is 9.93. The Morgan fingerprint density at radius 1 is 1.15 bits per heavy atom. The van der Waals surface area contributed by atoms with Gasteiger partial charge in [-0.1, -0.05) is 24.8 Å². The number of pyridine rings is 1. The molecular weight excluding hydrogens is 589 g/mol. The molecule has 2 aromatic heterocycles. The van der Waals surface area contributed by atoms with Crippen LogP contribution in [0.1, 0.15) is 58.2 Å². The third kappa shape index (κ3) is 6.73. The van der Waals surface area contributed by atoms with E-state index in [4.69, 9.17) is 34.2 Å². The molecule has 2 aromatic carbocycles. The molecule has 11 heteroatoms. The molecule has 2 aliphatic rings. The highest BCUT2D eigenvalue weighted by atomic mass is 19.1. The van der Waals surface area contributed by atoms with Crippen LogP contribution in [0, 0.1) is 17.1 Å². The fourth-order valence-corrected chi connectivity index (χ4v) is 5.94. The van der Waals surface area contributed by atoms with Gasteiger partial charge in [0.15, 0.2) is 5.75 Å². The summed E-state index contributed by atoms with van der Waals surface area (Å²) in [5.41, 5.74) is 3.42. The largest absolute Gasteiger partial charge is 0.486 e. The Hall–Kier alpha value is -4.79. The van der Waals surface area contributed by atoms with Crippen LogP contribution in [0.2, 0.25) is 0 Å². The number of nitrogens with zero attached hydrogens (tertiary/aromatic N) is 5. The number of aromatic nitrogens is 3. The minimum Gasteiger partial charge on any atom is -0.486 e. The molecule has 6 rings (SSSR count). The van der Waals surface area contributed by atoms with Crippen LogP contribution >= 0.6 is 0 Å². The molecule has 0 saturated carbocycles. The van der Waals surface area contributed by atoms with Crippen LogP contribution in [0.3, 0.4) is 0 Å². The Morgan fingerprint density at radius 2 is 1.98 bits per heavy atom. The highest BCUT2D eigenvalue weighted by molar-refractivity contribution is 5.99. The number of carbonyl (C=O) groups excluding carboxylic acids is 1. The molecule has 0 bridgehead atoms. The van der Waals surface area contributed by atoms with E-state index in [0.717, 1.165) is 56.0 Å². The van der Waals surface area contributed by atoms with Gasteiger partial charge in [-0.2, -0.15) is 5.26 Å². The fourth-order valence-electron chi connectivity index (χ4n) is 5.94. The fraction of sp³-hybridized carbons (Fsp3) is 0.371. The lowest BCUT2D eigenvalue weighted by Crippen LogP contribution is -2.35. The molecular formula is C35H36FN5O5. The van der Waals surface area contributed by atoms with Gasteiger partial charge in [-0.25, -0.2) is 19.2 Å². The maximum Gasteiger partial charge on any atom is 0.341 e. The molecule has 1 atom stereocenters. The first-order valence-corrected chi connectivity index (χ1v) is 15.4. The molecule has 0 amide bonds. The van der Waals surface area contributed by atoms with Crippen molar-refractivity contribution in [3.8, 4) is 17.7 Å². The normalized spacial score (nSPS) is 16.8. The lowest BCUT2D eigenvalue weighted by molar-refractivity contribution is -0.0592. The van der Waals surface area contributed by atoms with E-state index < -0.39 is 11.8 Å². The highest BCUT2D eigenvalue weighted by Gasteiger charge is 2.28. The van der Waals surface area contributed by atoms with Gasteiger partial charge in [0.05, 0.1) is 43.5 Å². The van der Waals surface area contributed by atoms with E-state index in [-0.39, 0.29) is 30.8 Å². The highest BCUT2D eigenvalue weighted by Crippen LogP contribution is 2.34. The predicted octanol–water partition coefficient (Wildman–Crippen LogP) is 5.54. The first-order valence-electron chi connectivity index (χ1n) is 15.4. The quantitative estimate of drug-likeness (QED) is 0.148. The zero-order chi connectivity index (χ0) is 32.0. The first-order chi connectivity index (χ1) is 22.5. The summed E-state index contributed by atoms with van der Waals surface area (Å²) in [6.45, 7) is 7.77. The maximum atomic E-state index is 14.3. The number of fused-ring (bicyclic) bond motifs is 1. The number of nitriles is 1. The van der Waals surface area contributed by atoms with Gasteiger partial charge in [0.1, 0.15) is 35.9 Å². The number of benzene rings is 2. The van der Waals surface area contributed by atoms with Crippen molar-refractivity contribution in [2.24, 2.45) is 0 Å². The number of esters is 1. The first kappa shape index (κ1) is 31.2. The standard InChI is InChI=1S/C35H36FN5O5/c1-3-16-45-34-27(35(42)43-2)9-10-30-33(34)39-31(41(30)20-26-13-17-44-26)21-40-14-11-24(12-15-40)29-5-4-6-32(38-29)46-22-25-8-7-23(19-37)18-28(25)36/h3-10,18,24,26H,1,11-17,20-22H2,2H3/t26-/m0/s1. The van der Waals surface area contributed by atoms with Crippen molar-refractivity contribution in [1.82, 2.24) is 19.4 Å². The number of likely N-dealkylation sites (tertiary alicyclic amines) is 1. The van der Waals surface area contributed by atoms with Gasteiger partial charge in [0.2, 0.25) is 5.88 Å². The Kier molecular flexibility index (Phi) is 9.57. The average molecular weight is 626 g/mol. The summed E-state index contributed by atoms with van der Waals surface area (Å²) in [7, 11) is 1.35. The molecule has 2 saturated heterocycles. The molecule has 0 unspecified atom stereocenters. The Bertz CT molecular complexity index is 1770. The van der Waals surface area contributed by atoms with E-state index in [0.29, 0.717) is 41.4 Å². The topological polar surface area (TPSA) is 112 Å². The predicted molar refractivity (Wildman–Crippen MR) is 168 cm³/mol. The van der Waals surface area contributed by atoms with Crippen molar-refractivity contribution < 1.29 is 28.1 Å². The third-order valence-corrected chi connectivity index (χ3v) is 8.56. The third-order valence-electron chi connectivity index (χ3n) is 8.56. The Balaban J connectivity index is 1.15. The summed E-state index contributed by atoms with van der Waals surface area (Å²) in [5.74, 6) is 1.03. The number of ether oxygens (including phenoxy) is 4. The second-order valence-corrected chi connectivity index (χ2v) is 11.5. The molecule has 10 nitrogen and oxygen atoms in total. The van der Waals surface area contributed by atoms with Crippen LogP contribution in [0.15, 0.2) is 61.2 Å². The van der Waals surface area contributed by atoms with Gasteiger partial charge in [-0.05, 0) is 62.7 Å². The number of methoxy groups -OCH3 is 1. The number of hydrogen-bond donors (Lipinski definition) is 0. The van der Waals surface area contributed by atoms with Crippen molar-refractivity contribution >= 4 is 17.0 Å². The van der Waals surface area contributed by atoms with E-state index in [1.165, 1.54) is 13.2 Å². The summed E-state index contributed by atoms with van der Waals surface area (Å²) in [6, 6.07) is 15.6. The van der Waals surface area contributed by atoms with E-state index in [1.54, 1.807) is 30.3 Å². The van der Waals surface area contributed by atoms with Crippen LogP contribution in [0.4, 0.5) is 4.39 Å². The van der Waals surface area contributed by atoms with Gasteiger partial charge in [-0.3, -0.25) is 4.90 Å². The van der Waals surface area contributed by atoms with Crippen molar-refractivity contribution in [3.63, 3.8) is 0 Å². The number of rotatable bonds is 12. The van der Waals surface area contributed by atoms with Gasteiger partial charge in [0.25, 0.3) is 0 Å². The summed E-state index contributed by atoms with van der Waals surface area (Å²) < 4.78 is 39.1. The molecule has 0 radical (unpaired) electrons. The van der Waals surface area contributed by atoms with Crippen LogP contribution < -0.4 is 9.47 Å². The molecule has 238 valence electrons. The molecule has 0 aliphatic carbocycles. The van der Waals surface area contributed by atoms with E-state index >= 15 is 0 Å². The molecule has 46 heavy (non-hydrogen) atoms. The Labute approximate surface area is 267 Å². The van der Waals surface area contributed by atoms with Crippen molar-refractivity contribution in [3.05, 3.63) is 95.2 Å². The zero-order valence-electron chi connectivity index (χ0n) is 25.8. The molecule has 0 spiro atoms. The maximum absolute atomic E-state index is 14.3. The number of hydrogen-bond acceptors (Lipinski definition) is 9. The Morgan fingerprint density at radius 3 is 2.67 bits per heavy atom. The molecule has 2 aliphatic heterocycles. The minimum atomic E-state index is -0.481. The number of imidazole rings is 1. The summed E-state index contributed by atoms with van der Waals surface area (Å²) in [4.78, 5) is 24.7. The monoisotopic (exact) mass is 625 g/mol. The van der Waals surface area contributed by atoms with Gasteiger partial charge in [-0.15, -0.1) is 0 Å².